The van der Waals surface area contributed by atoms with E-state index in [9.17, 15) is 14.3 Å². The highest BCUT2D eigenvalue weighted by Crippen LogP contribution is 2.28. The second kappa shape index (κ2) is 9.15. The summed E-state index contributed by atoms with van der Waals surface area (Å²) in [6.45, 7) is 0.168. The average molecular weight is 533 g/mol. The summed E-state index contributed by atoms with van der Waals surface area (Å²) in [4.78, 5) is 22.5. The minimum atomic E-state index is -0.472. The van der Waals surface area contributed by atoms with Gasteiger partial charge in [0.1, 0.15) is 28.5 Å². The lowest BCUT2D eigenvalue weighted by molar-refractivity contribution is 0.0953. The van der Waals surface area contributed by atoms with E-state index >= 15 is 0 Å². The molecule has 8 nitrogen and oxygen atoms in total. The molecule has 0 fully saturated rings. The molecular formula is C25H18BrFN6O2. The van der Waals surface area contributed by atoms with Crippen molar-refractivity contribution in [3.63, 3.8) is 0 Å². The Balaban J connectivity index is 1.60. The van der Waals surface area contributed by atoms with Crippen molar-refractivity contribution in [1.82, 2.24) is 20.0 Å². The van der Waals surface area contributed by atoms with Crippen LogP contribution in [0.1, 0.15) is 21.5 Å². The van der Waals surface area contributed by atoms with Crippen molar-refractivity contribution < 1.29 is 14.3 Å². The van der Waals surface area contributed by atoms with Crippen molar-refractivity contribution in [3.05, 3.63) is 93.7 Å². The molecule has 2 heterocycles. The molecule has 174 valence electrons. The molecule has 0 bridgehead atoms. The van der Waals surface area contributed by atoms with Gasteiger partial charge < -0.3 is 16.2 Å². The van der Waals surface area contributed by atoms with E-state index < -0.39 is 5.91 Å². The second-order valence-corrected chi connectivity index (χ2v) is 8.63. The Hall–Kier alpha value is -4.31. The van der Waals surface area contributed by atoms with Gasteiger partial charge in [-0.05, 0) is 48.0 Å². The summed E-state index contributed by atoms with van der Waals surface area (Å²) >= 11 is 3.37. The Morgan fingerprint density at radius 1 is 1.11 bits per heavy atom. The lowest BCUT2D eigenvalue weighted by Crippen LogP contribution is -2.23. The number of aromatic nitrogens is 3. The van der Waals surface area contributed by atoms with E-state index in [-0.39, 0.29) is 35.0 Å². The fourth-order valence-corrected chi connectivity index (χ4v) is 3.99. The van der Waals surface area contributed by atoms with Gasteiger partial charge in [-0.25, -0.2) is 14.4 Å². The average Bonchev–Trinajstić information content (AvgIpc) is 3.12. The number of amides is 1. The van der Waals surface area contributed by atoms with Crippen LogP contribution in [0.3, 0.4) is 0 Å². The number of hydrogen-bond acceptors (Lipinski definition) is 6. The number of fused-ring (bicyclic) bond motifs is 2. The van der Waals surface area contributed by atoms with Crippen molar-refractivity contribution in [2.75, 3.05) is 5.73 Å². The third-order valence-electron chi connectivity index (χ3n) is 5.37. The molecule has 4 N–H and O–H groups in total. The number of nitrogens with two attached hydrogens (primary N) is 1. The molecular weight excluding hydrogens is 515 g/mol. The van der Waals surface area contributed by atoms with E-state index in [1.807, 2.05) is 12.1 Å². The molecule has 0 saturated carbocycles. The Morgan fingerprint density at radius 2 is 1.83 bits per heavy atom. The third kappa shape index (κ3) is 4.43. The zero-order chi connectivity index (χ0) is 24.5. The highest BCUT2D eigenvalue weighted by molar-refractivity contribution is 9.10. The maximum atomic E-state index is 13.2. The van der Waals surface area contributed by atoms with Gasteiger partial charge in [-0.15, -0.1) is 0 Å². The number of carbonyl (C=O) groups excluding carboxylic acids is 1. The van der Waals surface area contributed by atoms with Crippen LogP contribution in [0, 0.1) is 5.82 Å². The smallest absolute Gasteiger partial charge is 0.257 e. The Morgan fingerprint density at radius 3 is 2.57 bits per heavy atom. The molecule has 2 aromatic heterocycles. The van der Waals surface area contributed by atoms with Crippen LogP contribution < -0.4 is 11.1 Å². The number of para-hydroxylation sites is 2. The van der Waals surface area contributed by atoms with Crippen molar-refractivity contribution in [3.8, 4) is 5.75 Å². The molecule has 0 atom stereocenters. The van der Waals surface area contributed by atoms with Crippen LogP contribution in [0.25, 0.3) is 22.2 Å². The van der Waals surface area contributed by atoms with Crippen molar-refractivity contribution in [1.29, 1.82) is 0 Å². The standard InChI is InChI=1S/C25H18BrFN6O2/c26-16-7-10-20(34)15(11-16)13-30-33-23(28)21(25(35)29-12-14-5-8-17(27)9-6-14)22-24(33)32-19-4-2-1-3-18(19)31-22/h1-11,13,34H,12,28H2,(H,29,35)/b30-13+. The number of phenolic OH excluding ortho intramolecular Hbond substituents is 1. The number of hydrogen-bond donors (Lipinski definition) is 3. The molecule has 0 aliphatic rings. The molecule has 1 amide bonds. The van der Waals surface area contributed by atoms with Crippen LogP contribution in [0.15, 0.2) is 76.3 Å². The predicted octanol–water partition coefficient (Wildman–Crippen LogP) is 4.59. The normalized spacial score (nSPS) is 11.5. The summed E-state index contributed by atoms with van der Waals surface area (Å²) < 4.78 is 15.3. The number of phenols is 1. The summed E-state index contributed by atoms with van der Waals surface area (Å²) in [5.41, 5.74) is 9.45. The number of nitrogen functional groups attached to an aromatic ring is 1. The number of benzene rings is 3. The molecule has 3 aromatic carbocycles. The summed E-state index contributed by atoms with van der Waals surface area (Å²) in [5, 5.41) is 17.4. The van der Waals surface area contributed by atoms with Crippen LogP contribution in [-0.2, 0) is 6.54 Å². The first kappa shape index (κ1) is 22.5. The lowest BCUT2D eigenvalue weighted by atomic mass is 10.2. The van der Waals surface area contributed by atoms with E-state index in [0.717, 1.165) is 10.0 Å². The fraction of sp³-hybridized carbons (Fsp3) is 0.0400. The highest BCUT2D eigenvalue weighted by Gasteiger charge is 2.24. The topological polar surface area (TPSA) is 118 Å². The molecule has 0 saturated heterocycles. The third-order valence-corrected chi connectivity index (χ3v) is 5.86. The maximum absolute atomic E-state index is 13.2. The Labute approximate surface area is 207 Å². The van der Waals surface area contributed by atoms with E-state index in [4.69, 9.17) is 5.73 Å². The first-order valence-corrected chi connectivity index (χ1v) is 11.3. The number of nitrogens with one attached hydrogen (secondary N) is 1. The van der Waals surface area contributed by atoms with Crippen LogP contribution >= 0.6 is 15.9 Å². The molecule has 5 aromatic rings. The largest absolute Gasteiger partial charge is 0.507 e. The SMILES string of the molecule is Nc1c(C(=O)NCc2ccc(F)cc2)c2nc3ccccc3nc2n1/N=C/c1cc(Br)ccc1O. The zero-order valence-corrected chi connectivity index (χ0v) is 19.7. The van der Waals surface area contributed by atoms with Gasteiger partial charge in [-0.1, -0.05) is 40.2 Å². The minimum Gasteiger partial charge on any atom is -0.507 e. The number of aromatic hydroxyl groups is 1. The van der Waals surface area contributed by atoms with Gasteiger partial charge in [0.25, 0.3) is 5.91 Å². The summed E-state index contributed by atoms with van der Waals surface area (Å²) in [5.74, 6) is -0.761. The van der Waals surface area contributed by atoms with Crippen LogP contribution in [0.2, 0.25) is 0 Å². The van der Waals surface area contributed by atoms with Gasteiger partial charge in [0.2, 0.25) is 0 Å². The van der Waals surface area contributed by atoms with Gasteiger partial charge in [-0.3, -0.25) is 4.79 Å². The molecule has 0 spiro atoms. The quantitative estimate of drug-likeness (QED) is 0.286. The summed E-state index contributed by atoms with van der Waals surface area (Å²) in [6, 6.07) is 18.0. The van der Waals surface area contributed by atoms with E-state index in [0.29, 0.717) is 22.2 Å². The van der Waals surface area contributed by atoms with Crippen molar-refractivity contribution in [2.24, 2.45) is 5.10 Å². The Kier molecular flexibility index (Phi) is 5.87. The lowest BCUT2D eigenvalue weighted by Gasteiger charge is -2.06. The van der Waals surface area contributed by atoms with Gasteiger partial charge in [-0.2, -0.15) is 9.78 Å². The maximum Gasteiger partial charge on any atom is 0.257 e. The van der Waals surface area contributed by atoms with Crippen molar-refractivity contribution >= 4 is 56.1 Å². The molecule has 5 rings (SSSR count). The highest BCUT2D eigenvalue weighted by atomic mass is 79.9. The van der Waals surface area contributed by atoms with Gasteiger partial charge in [0.15, 0.2) is 5.65 Å². The molecule has 0 unspecified atom stereocenters. The summed E-state index contributed by atoms with van der Waals surface area (Å²) in [7, 11) is 0. The van der Waals surface area contributed by atoms with Crippen LogP contribution in [0.4, 0.5) is 10.2 Å². The van der Waals surface area contributed by atoms with Crippen molar-refractivity contribution in [2.45, 2.75) is 6.54 Å². The van der Waals surface area contributed by atoms with Gasteiger partial charge in [0.05, 0.1) is 17.2 Å². The van der Waals surface area contributed by atoms with E-state index in [2.05, 4.69) is 36.3 Å². The number of carbonyl (C=O) groups is 1. The Bertz CT molecular complexity index is 1610. The summed E-state index contributed by atoms with van der Waals surface area (Å²) in [6.07, 6.45) is 1.42. The molecule has 0 radical (unpaired) electrons. The first-order valence-electron chi connectivity index (χ1n) is 10.5. The molecule has 0 aliphatic carbocycles. The van der Waals surface area contributed by atoms with Gasteiger partial charge in [0, 0.05) is 16.6 Å². The number of nitrogens with zero attached hydrogens (tertiary/aromatic N) is 4. The molecule has 0 aliphatic heterocycles. The number of anilines is 1. The number of rotatable bonds is 5. The van der Waals surface area contributed by atoms with Crippen LogP contribution in [0.5, 0.6) is 5.75 Å². The fourth-order valence-electron chi connectivity index (χ4n) is 3.61. The predicted molar refractivity (Wildman–Crippen MR) is 136 cm³/mol. The first-order chi connectivity index (χ1) is 16.9. The second-order valence-electron chi connectivity index (χ2n) is 7.71. The molecule has 35 heavy (non-hydrogen) atoms. The van der Waals surface area contributed by atoms with Gasteiger partial charge >= 0.3 is 0 Å². The number of halogens is 2. The monoisotopic (exact) mass is 532 g/mol. The van der Waals surface area contributed by atoms with Crippen LogP contribution in [-0.4, -0.2) is 31.9 Å². The molecule has 10 heteroatoms. The van der Waals surface area contributed by atoms with E-state index in [1.165, 1.54) is 29.1 Å². The van der Waals surface area contributed by atoms with E-state index in [1.54, 1.807) is 36.4 Å². The zero-order valence-electron chi connectivity index (χ0n) is 18.1. The minimum absolute atomic E-state index is 0.0285.